The SMILES string of the molecule is CC1(C)OC2C(=O)[C@H](COC(=O)c3ccccc3I)O[C@@H]2O1. The number of hydrogen-bond donors (Lipinski definition) is 0. The van der Waals surface area contributed by atoms with Crippen molar-refractivity contribution < 1.29 is 28.5 Å². The molecule has 118 valence electrons. The summed E-state index contributed by atoms with van der Waals surface area (Å²) in [4.78, 5) is 24.2. The first kappa shape index (κ1) is 15.9. The van der Waals surface area contributed by atoms with E-state index in [9.17, 15) is 9.59 Å². The molecule has 1 aromatic rings. The number of halogens is 1. The van der Waals surface area contributed by atoms with Gasteiger partial charge < -0.3 is 18.9 Å². The van der Waals surface area contributed by atoms with Crippen molar-refractivity contribution in [3.8, 4) is 0 Å². The normalized spacial score (nSPS) is 29.4. The zero-order valence-electron chi connectivity index (χ0n) is 12.1. The lowest BCUT2D eigenvalue weighted by atomic mass is 10.2. The summed E-state index contributed by atoms with van der Waals surface area (Å²) in [6.45, 7) is 3.28. The maximum atomic E-state index is 12.2. The van der Waals surface area contributed by atoms with Crippen LogP contribution in [0.25, 0.3) is 0 Å². The molecule has 0 saturated carbocycles. The van der Waals surface area contributed by atoms with Crippen molar-refractivity contribution >= 4 is 34.3 Å². The van der Waals surface area contributed by atoms with Crippen LogP contribution >= 0.6 is 22.6 Å². The number of fused-ring (bicyclic) bond motifs is 1. The summed E-state index contributed by atoms with van der Waals surface area (Å²) < 4.78 is 22.4. The van der Waals surface area contributed by atoms with Crippen LogP contribution in [0.5, 0.6) is 0 Å². The zero-order chi connectivity index (χ0) is 15.9. The number of carbonyl (C=O) groups is 2. The van der Waals surface area contributed by atoms with E-state index in [1.165, 1.54) is 0 Å². The van der Waals surface area contributed by atoms with E-state index in [0.29, 0.717) is 5.56 Å². The Morgan fingerprint density at radius 1 is 1.32 bits per heavy atom. The van der Waals surface area contributed by atoms with E-state index >= 15 is 0 Å². The quantitative estimate of drug-likeness (QED) is 0.552. The molecule has 22 heavy (non-hydrogen) atoms. The van der Waals surface area contributed by atoms with Crippen molar-refractivity contribution in [3.05, 3.63) is 33.4 Å². The van der Waals surface area contributed by atoms with Crippen molar-refractivity contribution in [2.45, 2.75) is 38.1 Å². The van der Waals surface area contributed by atoms with Crippen LogP contribution in [0.4, 0.5) is 0 Å². The lowest BCUT2D eigenvalue weighted by Gasteiger charge is -2.19. The predicted octanol–water partition coefficient (Wildman–Crippen LogP) is 1.89. The van der Waals surface area contributed by atoms with Gasteiger partial charge in [0.1, 0.15) is 6.61 Å². The van der Waals surface area contributed by atoms with Crippen LogP contribution in [0.2, 0.25) is 0 Å². The fraction of sp³-hybridized carbons (Fsp3) is 0.467. The van der Waals surface area contributed by atoms with Gasteiger partial charge >= 0.3 is 5.97 Å². The second kappa shape index (κ2) is 5.88. The van der Waals surface area contributed by atoms with Gasteiger partial charge in [-0.2, -0.15) is 0 Å². The number of ketones is 1. The molecule has 1 unspecified atom stereocenters. The molecule has 2 saturated heterocycles. The van der Waals surface area contributed by atoms with Gasteiger partial charge in [-0.25, -0.2) is 4.79 Å². The maximum absolute atomic E-state index is 12.2. The van der Waals surface area contributed by atoms with Crippen molar-refractivity contribution in [1.29, 1.82) is 0 Å². The monoisotopic (exact) mass is 418 g/mol. The molecule has 0 bridgehead atoms. The minimum atomic E-state index is -0.851. The number of Topliss-reactive ketones (excluding diaryl/α,β-unsaturated/α-hetero) is 1. The summed E-state index contributed by atoms with van der Waals surface area (Å²) in [7, 11) is 0. The number of rotatable bonds is 3. The summed E-state index contributed by atoms with van der Waals surface area (Å²) in [5.41, 5.74) is 0.461. The highest BCUT2D eigenvalue weighted by atomic mass is 127. The molecule has 1 aromatic carbocycles. The Bertz CT molecular complexity index is 614. The molecule has 6 nitrogen and oxygen atoms in total. The van der Waals surface area contributed by atoms with Gasteiger partial charge in [0.05, 0.1) is 5.56 Å². The van der Waals surface area contributed by atoms with Crippen molar-refractivity contribution in [2.24, 2.45) is 0 Å². The summed E-state index contributed by atoms with van der Waals surface area (Å²) in [5, 5.41) is 0. The largest absolute Gasteiger partial charge is 0.459 e. The topological polar surface area (TPSA) is 71.1 Å². The highest BCUT2D eigenvalue weighted by molar-refractivity contribution is 14.1. The summed E-state index contributed by atoms with van der Waals surface area (Å²) in [5.74, 6) is -1.58. The second-order valence-electron chi connectivity index (χ2n) is 5.53. The van der Waals surface area contributed by atoms with E-state index in [1.54, 1.807) is 26.0 Å². The summed E-state index contributed by atoms with van der Waals surface area (Å²) >= 11 is 2.05. The van der Waals surface area contributed by atoms with E-state index in [1.807, 2.05) is 12.1 Å². The second-order valence-corrected chi connectivity index (χ2v) is 6.69. The van der Waals surface area contributed by atoms with Crippen molar-refractivity contribution in [3.63, 3.8) is 0 Å². The first-order valence-electron chi connectivity index (χ1n) is 6.84. The smallest absolute Gasteiger partial charge is 0.339 e. The third-order valence-electron chi connectivity index (χ3n) is 3.41. The van der Waals surface area contributed by atoms with Gasteiger partial charge in [0.2, 0.25) is 0 Å². The first-order chi connectivity index (χ1) is 10.4. The average Bonchev–Trinajstić information content (AvgIpc) is 2.90. The highest BCUT2D eigenvalue weighted by Gasteiger charge is 2.54. The van der Waals surface area contributed by atoms with Gasteiger partial charge in [0.25, 0.3) is 0 Å². The minimum Gasteiger partial charge on any atom is -0.459 e. The lowest BCUT2D eigenvalue weighted by Crippen LogP contribution is -2.33. The standard InChI is InChI=1S/C15H15IO6/c1-15(2)21-12-11(17)10(20-14(12)22-15)7-19-13(18)8-5-3-4-6-9(8)16/h3-6,10,12,14H,7H2,1-2H3/t10-,12?,14+/m0/s1. The molecule has 0 amide bonds. The van der Waals surface area contributed by atoms with E-state index in [2.05, 4.69) is 22.6 Å². The van der Waals surface area contributed by atoms with Crippen LogP contribution in [0.3, 0.4) is 0 Å². The Hall–Kier alpha value is -1.03. The lowest BCUT2D eigenvalue weighted by molar-refractivity contribution is -0.207. The maximum Gasteiger partial charge on any atom is 0.339 e. The van der Waals surface area contributed by atoms with E-state index in [0.717, 1.165) is 3.57 Å². The Morgan fingerprint density at radius 2 is 2.05 bits per heavy atom. The van der Waals surface area contributed by atoms with Crippen LogP contribution in [0, 0.1) is 3.57 Å². The number of ether oxygens (including phenoxy) is 4. The molecule has 0 aliphatic carbocycles. The van der Waals surface area contributed by atoms with Gasteiger partial charge in [-0.1, -0.05) is 12.1 Å². The van der Waals surface area contributed by atoms with Crippen LogP contribution in [0.15, 0.2) is 24.3 Å². The van der Waals surface area contributed by atoms with Crippen molar-refractivity contribution in [2.75, 3.05) is 6.61 Å². The number of esters is 1. The highest BCUT2D eigenvalue weighted by Crippen LogP contribution is 2.35. The molecule has 3 atom stereocenters. The Kier molecular flexibility index (Phi) is 4.23. The van der Waals surface area contributed by atoms with E-state index < -0.39 is 30.3 Å². The van der Waals surface area contributed by atoms with Crippen LogP contribution in [-0.2, 0) is 23.7 Å². The Balaban J connectivity index is 1.59. The van der Waals surface area contributed by atoms with Crippen LogP contribution in [-0.4, -0.2) is 42.6 Å². The van der Waals surface area contributed by atoms with E-state index in [4.69, 9.17) is 18.9 Å². The molecule has 0 radical (unpaired) electrons. The molecule has 2 fully saturated rings. The first-order valence-corrected chi connectivity index (χ1v) is 7.92. The molecule has 7 heteroatoms. The van der Waals surface area contributed by atoms with Crippen LogP contribution in [0.1, 0.15) is 24.2 Å². The zero-order valence-corrected chi connectivity index (χ0v) is 14.2. The summed E-state index contributed by atoms with van der Waals surface area (Å²) in [6.07, 6.45) is -2.34. The molecule has 2 heterocycles. The summed E-state index contributed by atoms with van der Waals surface area (Å²) in [6, 6.07) is 7.07. The molecule has 0 N–H and O–H groups in total. The van der Waals surface area contributed by atoms with Gasteiger partial charge in [-0.15, -0.1) is 0 Å². The Morgan fingerprint density at radius 3 is 2.73 bits per heavy atom. The molecular weight excluding hydrogens is 403 g/mol. The number of carbonyl (C=O) groups excluding carboxylic acids is 2. The van der Waals surface area contributed by atoms with Crippen molar-refractivity contribution in [1.82, 2.24) is 0 Å². The fourth-order valence-electron chi connectivity index (χ4n) is 2.41. The molecule has 3 rings (SSSR count). The van der Waals surface area contributed by atoms with Crippen LogP contribution < -0.4 is 0 Å². The number of benzene rings is 1. The third kappa shape index (κ3) is 3.03. The van der Waals surface area contributed by atoms with E-state index in [-0.39, 0.29) is 12.4 Å². The van der Waals surface area contributed by atoms with Gasteiger partial charge in [0.15, 0.2) is 30.1 Å². The third-order valence-corrected chi connectivity index (χ3v) is 4.35. The molecule has 0 aromatic heterocycles. The van der Waals surface area contributed by atoms with Gasteiger partial charge in [-0.3, -0.25) is 4.79 Å². The average molecular weight is 418 g/mol. The predicted molar refractivity (Wildman–Crippen MR) is 83.1 cm³/mol. The molecule has 0 spiro atoms. The molecular formula is C15H15IO6. The fourth-order valence-corrected chi connectivity index (χ4v) is 3.02. The van der Waals surface area contributed by atoms with Gasteiger partial charge in [-0.05, 0) is 48.6 Å². The Labute approximate surface area is 141 Å². The van der Waals surface area contributed by atoms with Gasteiger partial charge in [0, 0.05) is 3.57 Å². The molecule has 2 aliphatic heterocycles. The molecule has 2 aliphatic rings. The minimum absolute atomic E-state index is 0.150. The number of hydrogen-bond acceptors (Lipinski definition) is 6.